The van der Waals surface area contributed by atoms with E-state index in [4.69, 9.17) is 9.84 Å². The third kappa shape index (κ3) is 3.08. The van der Waals surface area contributed by atoms with Gasteiger partial charge in [0.25, 0.3) is 0 Å². The van der Waals surface area contributed by atoms with Crippen LogP contribution >= 0.6 is 0 Å². The monoisotopic (exact) mass is 226 g/mol. The number of hydrogen-bond donors (Lipinski definition) is 1. The Morgan fingerprint density at radius 3 is 2.38 bits per heavy atom. The van der Waals surface area contributed by atoms with Gasteiger partial charge in [0.15, 0.2) is 0 Å². The maximum Gasteiger partial charge on any atom is 0.334 e. The molecule has 16 heavy (non-hydrogen) atoms. The summed E-state index contributed by atoms with van der Waals surface area (Å²) in [7, 11) is 0. The molecule has 0 aromatic rings. The van der Waals surface area contributed by atoms with Crippen molar-refractivity contribution >= 4 is 11.9 Å². The van der Waals surface area contributed by atoms with Gasteiger partial charge in [-0.2, -0.15) is 0 Å². The van der Waals surface area contributed by atoms with Gasteiger partial charge < -0.3 is 9.84 Å². The molecule has 1 saturated carbocycles. The standard InChI is InChI=1S/C12H18O4/c1-3-12(6-4-5-7-12)16-11(15)9(2)8-10(13)14/h2-8H2,1H3,(H,13,14). The number of carboxylic acids is 1. The molecule has 4 nitrogen and oxygen atoms in total. The molecule has 1 N–H and O–H groups in total. The van der Waals surface area contributed by atoms with Crippen LogP contribution in [0.2, 0.25) is 0 Å². The van der Waals surface area contributed by atoms with E-state index in [0.29, 0.717) is 0 Å². The minimum atomic E-state index is -1.06. The van der Waals surface area contributed by atoms with Crippen molar-refractivity contribution < 1.29 is 19.4 Å². The van der Waals surface area contributed by atoms with Crippen LogP contribution in [0, 0.1) is 0 Å². The molecule has 0 radical (unpaired) electrons. The number of rotatable bonds is 5. The summed E-state index contributed by atoms with van der Waals surface area (Å²) in [5.41, 5.74) is -0.356. The zero-order valence-corrected chi connectivity index (χ0v) is 9.62. The van der Waals surface area contributed by atoms with E-state index in [-0.39, 0.29) is 17.6 Å². The molecule has 0 saturated heterocycles. The molecule has 0 unspecified atom stereocenters. The molecule has 4 heteroatoms. The average Bonchev–Trinajstić information content (AvgIpc) is 2.66. The van der Waals surface area contributed by atoms with Crippen LogP contribution in [0.4, 0.5) is 0 Å². The van der Waals surface area contributed by atoms with Crippen LogP contribution in [-0.2, 0) is 14.3 Å². The normalized spacial score (nSPS) is 18.1. The molecule has 1 aliphatic rings. The third-order valence-corrected chi connectivity index (χ3v) is 3.12. The second kappa shape index (κ2) is 5.14. The van der Waals surface area contributed by atoms with Crippen LogP contribution in [0.15, 0.2) is 12.2 Å². The summed E-state index contributed by atoms with van der Waals surface area (Å²) in [5.74, 6) is -1.62. The van der Waals surface area contributed by atoms with Gasteiger partial charge in [-0.1, -0.05) is 13.5 Å². The Morgan fingerprint density at radius 2 is 1.94 bits per heavy atom. The van der Waals surface area contributed by atoms with Gasteiger partial charge in [-0.05, 0) is 32.1 Å². The summed E-state index contributed by atoms with van der Waals surface area (Å²) in [6.07, 6.45) is 4.29. The number of carbonyl (C=O) groups is 2. The van der Waals surface area contributed by atoms with Gasteiger partial charge in [0.05, 0.1) is 6.42 Å². The highest BCUT2D eigenvalue weighted by atomic mass is 16.6. The highest BCUT2D eigenvalue weighted by Gasteiger charge is 2.36. The molecule has 0 spiro atoms. The predicted octanol–water partition coefficient (Wildman–Crippen LogP) is 2.28. The first-order chi connectivity index (χ1) is 7.49. The highest BCUT2D eigenvalue weighted by Crippen LogP contribution is 2.36. The maximum atomic E-state index is 11.6. The summed E-state index contributed by atoms with van der Waals surface area (Å²) >= 11 is 0. The van der Waals surface area contributed by atoms with Gasteiger partial charge in [0.2, 0.25) is 0 Å². The van der Waals surface area contributed by atoms with Crippen LogP contribution in [0.3, 0.4) is 0 Å². The zero-order chi connectivity index (χ0) is 12.2. The Hall–Kier alpha value is -1.32. The lowest BCUT2D eigenvalue weighted by atomic mass is 9.98. The van der Waals surface area contributed by atoms with E-state index in [0.717, 1.165) is 32.1 Å². The number of hydrogen-bond acceptors (Lipinski definition) is 3. The lowest BCUT2D eigenvalue weighted by Gasteiger charge is -2.27. The predicted molar refractivity (Wildman–Crippen MR) is 59.0 cm³/mol. The number of ether oxygens (including phenoxy) is 1. The Kier molecular flexibility index (Phi) is 4.10. The van der Waals surface area contributed by atoms with Gasteiger partial charge in [-0.3, -0.25) is 4.79 Å². The average molecular weight is 226 g/mol. The largest absolute Gasteiger partial charge is 0.481 e. The molecule has 1 rings (SSSR count). The van der Waals surface area contributed by atoms with Gasteiger partial charge >= 0.3 is 11.9 Å². The molecule has 0 aliphatic heterocycles. The Bertz CT molecular complexity index is 300. The summed E-state index contributed by atoms with van der Waals surface area (Å²) in [6, 6.07) is 0. The van der Waals surface area contributed by atoms with Crippen molar-refractivity contribution in [1.29, 1.82) is 0 Å². The first-order valence-corrected chi connectivity index (χ1v) is 5.62. The second-order valence-corrected chi connectivity index (χ2v) is 4.31. The van der Waals surface area contributed by atoms with Gasteiger partial charge in [-0.15, -0.1) is 0 Å². The van der Waals surface area contributed by atoms with Crippen molar-refractivity contribution in [3.63, 3.8) is 0 Å². The van der Waals surface area contributed by atoms with E-state index in [2.05, 4.69) is 6.58 Å². The smallest absolute Gasteiger partial charge is 0.334 e. The number of carboxylic acid groups (broad SMARTS) is 1. The van der Waals surface area contributed by atoms with Crippen LogP contribution in [-0.4, -0.2) is 22.6 Å². The van der Waals surface area contributed by atoms with E-state index in [1.807, 2.05) is 6.92 Å². The van der Waals surface area contributed by atoms with Crippen molar-refractivity contribution in [2.45, 2.75) is 51.0 Å². The topological polar surface area (TPSA) is 63.6 Å². The molecular weight excluding hydrogens is 208 g/mol. The molecule has 0 heterocycles. The summed E-state index contributed by atoms with van der Waals surface area (Å²) in [5, 5.41) is 8.55. The Balaban J connectivity index is 2.55. The zero-order valence-electron chi connectivity index (χ0n) is 9.62. The fourth-order valence-corrected chi connectivity index (χ4v) is 2.07. The van der Waals surface area contributed by atoms with E-state index >= 15 is 0 Å². The van der Waals surface area contributed by atoms with Crippen molar-refractivity contribution in [3.05, 3.63) is 12.2 Å². The van der Waals surface area contributed by atoms with Crippen molar-refractivity contribution in [1.82, 2.24) is 0 Å². The SMILES string of the molecule is C=C(CC(=O)O)C(=O)OC1(CC)CCCC1. The van der Waals surface area contributed by atoms with E-state index in [1.54, 1.807) is 0 Å². The van der Waals surface area contributed by atoms with Crippen molar-refractivity contribution in [3.8, 4) is 0 Å². The van der Waals surface area contributed by atoms with Crippen LogP contribution in [0.25, 0.3) is 0 Å². The number of esters is 1. The quantitative estimate of drug-likeness (QED) is 0.577. The Morgan fingerprint density at radius 1 is 1.38 bits per heavy atom. The highest BCUT2D eigenvalue weighted by molar-refractivity contribution is 5.93. The molecule has 0 aromatic heterocycles. The van der Waals surface area contributed by atoms with Gasteiger partial charge in [-0.25, -0.2) is 4.79 Å². The molecule has 0 atom stereocenters. The maximum absolute atomic E-state index is 11.6. The summed E-state index contributed by atoms with van der Waals surface area (Å²) < 4.78 is 5.41. The Labute approximate surface area is 95.3 Å². The van der Waals surface area contributed by atoms with Crippen molar-refractivity contribution in [2.75, 3.05) is 0 Å². The fraction of sp³-hybridized carbons (Fsp3) is 0.667. The second-order valence-electron chi connectivity index (χ2n) is 4.31. The van der Waals surface area contributed by atoms with Crippen molar-refractivity contribution in [2.24, 2.45) is 0 Å². The summed E-state index contributed by atoms with van der Waals surface area (Å²) in [4.78, 5) is 22.0. The molecule has 1 aliphatic carbocycles. The molecule has 1 fully saturated rings. The van der Waals surface area contributed by atoms with E-state index in [9.17, 15) is 9.59 Å². The number of carbonyl (C=O) groups excluding carboxylic acids is 1. The minimum absolute atomic E-state index is 0.0206. The minimum Gasteiger partial charge on any atom is -0.481 e. The van der Waals surface area contributed by atoms with Crippen LogP contribution in [0.5, 0.6) is 0 Å². The lowest BCUT2D eigenvalue weighted by molar-refractivity contribution is -0.156. The van der Waals surface area contributed by atoms with Gasteiger partial charge in [0, 0.05) is 5.57 Å². The molecule has 0 amide bonds. The molecular formula is C12H18O4. The van der Waals surface area contributed by atoms with E-state index in [1.165, 1.54) is 0 Å². The van der Waals surface area contributed by atoms with E-state index < -0.39 is 11.9 Å². The molecule has 0 aromatic carbocycles. The molecule has 0 bridgehead atoms. The lowest BCUT2D eigenvalue weighted by Crippen LogP contribution is -2.31. The first kappa shape index (κ1) is 12.7. The third-order valence-electron chi connectivity index (χ3n) is 3.12. The van der Waals surface area contributed by atoms with Crippen LogP contribution in [0.1, 0.15) is 45.4 Å². The number of aliphatic carboxylic acids is 1. The van der Waals surface area contributed by atoms with Gasteiger partial charge in [0.1, 0.15) is 5.60 Å². The molecule has 90 valence electrons. The fourth-order valence-electron chi connectivity index (χ4n) is 2.07. The first-order valence-electron chi connectivity index (χ1n) is 5.62. The van der Waals surface area contributed by atoms with Crippen LogP contribution < -0.4 is 0 Å². The summed E-state index contributed by atoms with van der Waals surface area (Å²) in [6.45, 7) is 5.43.